The number of hydrazone groups is 1. The zero-order chi connectivity index (χ0) is 27.2. The maximum Gasteiger partial charge on any atom is 0.418 e. The van der Waals surface area contributed by atoms with E-state index in [-0.39, 0.29) is 17.5 Å². The van der Waals surface area contributed by atoms with Gasteiger partial charge in [-0.15, -0.1) is 0 Å². The Kier molecular flexibility index (Phi) is 8.02. The van der Waals surface area contributed by atoms with E-state index in [0.717, 1.165) is 12.3 Å². The van der Waals surface area contributed by atoms with Gasteiger partial charge in [0.1, 0.15) is 0 Å². The molecule has 3 aromatic rings. The number of pyridine rings is 1. The quantitative estimate of drug-likeness (QED) is 0.234. The minimum Gasteiger partial charge on any atom is -0.378 e. The van der Waals surface area contributed by atoms with Crippen molar-refractivity contribution in [2.24, 2.45) is 5.10 Å². The third kappa shape index (κ3) is 6.70. The number of ether oxygens (including phenoxy) is 1. The molecule has 2 aliphatic rings. The van der Waals surface area contributed by atoms with E-state index in [1.165, 1.54) is 18.5 Å². The number of nitrogens with zero attached hydrogens (tertiary/aromatic N) is 6. The Morgan fingerprint density at radius 1 is 0.949 bits per heavy atom. The van der Waals surface area contributed by atoms with Gasteiger partial charge in [-0.05, 0) is 30.3 Å². The number of piperazine rings is 1. The average molecular weight is 546 g/mol. The van der Waals surface area contributed by atoms with Crippen LogP contribution in [0.1, 0.15) is 11.3 Å². The molecule has 0 spiro atoms. The van der Waals surface area contributed by atoms with Crippen LogP contribution in [0.5, 0.6) is 0 Å². The maximum atomic E-state index is 14.2. The van der Waals surface area contributed by atoms with Crippen LogP contribution in [0.15, 0.2) is 47.8 Å². The van der Waals surface area contributed by atoms with Crippen molar-refractivity contribution < 1.29 is 22.3 Å². The van der Waals surface area contributed by atoms with Crippen molar-refractivity contribution in [3.63, 3.8) is 0 Å². The normalized spacial score (nSPS) is 16.5. The predicted molar refractivity (Wildman–Crippen MR) is 140 cm³/mol. The summed E-state index contributed by atoms with van der Waals surface area (Å²) in [6, 6.07) is 7.57. The summed E-state index contributed by atoms with van der Waals surface area (Å²) in [5.74, 6) is -0.233. The average Bonchev–Trinajstić information content (AvgIpc) is 2.95. The van der Waals surface area contributed by atoms with E-state index in [1.807, 2.05) is 0 Å². The Bertz CT molecular complexity index is 1290. The fraction of sp³-hybridized carbons (Fsp3) is 0.360. The number of nitrogens with one attached hydrogen (secondary N) is 3. The molecule has 39 heavy (non-hydrogen) atoms. The van der Waals surface area contributed by atoms with Crippen molar-refractivity contribution in [2.45, 2.75) is 6.18 Å². The van der Waals surface area contributed by atoms with E-state index in [0.29, 0.717) is 69.6 Å². The van der Waals surface area contributed by atoms with E-state index in [9.17, 15) is 17.6 Å². The predicted octanol–water partition coefficient (Wildman–Crippen LogP) is 3.47. The molecule has 0 atom stereocenters. The lowest BCUT2D eigenvalue weighted by molar-refractivity contribution is -0.137. The third-order valence-electron chi connectivity index (χ3n) is 6.23. The monoisotopic (exact) mass is 545 g/mol. The van der Waals surface area contributed by atoms with Crippen LogP contribution in [0.3, 0.4) is 0 Å². The maximum absolute atomic E-state index is 14.2. The fourth-order valence-corrected chi connectivity index (χ4v) is 4.31. The van der Waals surface area contributed by atoms with Gasteiger partial charge in [-0.25, -0.2) is 14.8 Å². The molecule has 14 heteroatoms. The molecule has 206 valence electrons. The molecule has 5 rings (SSSR count). The second-order valence-corrected chi connectivity index (χ2v) is 8.90. The highest BCUT2D eigenvalue weighted by Gasteiger charge is 2.35. The highest BCUT2D eigenvalue weighted by Crippen LogP contribution is 2.39. The van der Waals surface area contributed by atoms with Gasteiger partial charge in [-0.3, -0.25) is 4.98 Å². The van der Waals surface area contributed by atoms with E-state index < -0.39 is 17.6 Å². The molecule has 0 saturated carbocycles. The fourth-order valence-electron chi connectivity index (χ4n) is 4.31. The molecular weight excluding hydrogens is 518 g/mol. The third-order valence-corrected chi connectivity index (χ3v) is 6.23. The SMILES string of the molecule is Fc1cnc(N/N=C/c2ccc(Nc3ccc(N4CCNCC4)c(C(F)(F)F)c3)cn2)nc1N1CCOCC1. The molecule has 0 bridgehead atoms. The van der Waals surface area contributed by atoms with Crippen LogP contribution in [0.4, 0.5) is 46.4 Å². The first kappa shape index (κ1) is 26.6. The molecule has 0 radical (unpaired) electrons. The lowest BCUT2D eigenvalue weighted by Gasteiger charge is -2.31. The lowest BCUT2D eigenvalue weighted by atomic mass is 10.1. The van der Waals surface area contributed by atoms with E-state index in [2.05, 4.69) is 36.1 Å². The van der Waals surface area contributed by atoms with Crippen LogP contribution < -0.4 is 25.9 Å². The summed E-state index contributed by atoms with van der Waals surface area (Å²) in [5.41, 5.74) is 3.45. The van der Waals surface area contributed by atoms with Crippen molar-refractivity contribution >= 4 is 35.0 Å². The Balaban J connectivity index is 1.22. The summed E-state index contributed by atoms with van der Waals surface area (Å²) >= 11 is 0. The van der Waals surface area contributed by atoms with E-state index in [1.54, 1.807) is 28.0 Å². The van der Waals surface area contributed by atoms with Gasteiger partial charge >= 0.3 is 6.18 Å². The van der Waals surface area contributed by atoms with Crippen molar-refractivity contribution in [1.82, 2.24) is 20.3 Å². The first-order chi connectivity index (χ1) is 18.9. The van der Waals surface area contributed by atoms with Gasteiger partial charge in [-0.2, -0.15) is 23.3 Å². The topological polar surface area (TPSA) is 103 Å². The van der Waals surface area contributed by atoms with Crippen LogP contribution in [-0.2, 0) is 10.9 Å². The second-order valence-electron chi connectivity index (χ2n) is 8.90. The molecular formula is C25H27F4N9O. The molecule has 2 saturated heterocycles. The largest absolute Gasteiger partial charge is 0.418 e. The minimum atomic E-state index is -4.49. The summed E-state index contributed by atoms with van der Waals surface area (Å²) in [4.78, 5) is 15.9. The summed E-state index contributed by atoms with van der Waals surface area (Å²) in [7, 11) is 0. The van der Waals surface area contributed by atoms with Crippen molar-refractivity contribution in [3.05, 3.63) is 59.8 Å². The first-order valence-electron chi connectivity index (χ1n) is 12.4. The Hall–Kier alpha value is -4.04. The van der Waals surface area contributed by atoms with Crippen LogP contribution in [0.2, 0.25) is 0 Å². The Morgan fingerprint density at radius 2 is 1.72 bits per heavy atom. The highest BCUT2D eigenvalue weighted by atomic mass is 19.4. The van der Waals surface area contributed by atoms with Gasteiger partial charge < -0.3 is 25.2 Å². The molecule has 3 N–H and O–H groups in total. The van der Waals surface area contributed by atoms with E-state index in [4.69, 9.17) is 4.74 Å². The number of aromatic nitrogens is 3. The number of benzene rings is 1. The Morgan fingerprint density at radius 3 is 2.44 bits per heavy atom. The van der Waals surface area contributed by atoms with Crippen LogP contribution in [-0.4, -0.2) is 73.6 Å². The highest BCUT2D eigenvalue weighted by molar-refractivity contribution is 5.78. The molecule has 1 aromatic carbocycles. The van der Waals surface area contributed by atoms with Crippen molar-refractivity contribution in [3.8, 4) is 0 Å². The number of rotatable bonds is 7. The van der Waals surface area contributed by atoms with Crippen molar-refractivity contribution in [1.29, 1.82) is 0 Å². The molecule has 2 fully saturated rings. The number of hydrogen-bond acceptors (Lipinski definition) is 10. The second kappa shape index (κ2) is 11.8. The zero-order valence-corrected chi connectivity index (χ0v) is 20.9. The van der Waals surface area contributed by atoms with Gasteiger partial charge in [0.05, 0.1) is 48.8 Å². The number of alkyl halides is 3. The number of anilines is 5. The standard InChI is InChI=1S/C25H27F4N9O/c26-21-16-32-24(35-23(21)38-9-11-39-12-10-38)36-33-15-18-1-2-19(14-31-18)34-17-3-4-22(20(13-17)25(27,28)29)37-7-5-30-6-8-37/h1-4,13-16,30,34H,5-12H2,(H,32,35,36)/b33-15+. The molecule has 4 heterocycles. The molecule has 10 nitrogen and oxygen atoms in total. The van der Waals surface area contributed by atoms with Gasteiger partial charge in [0.2, 0.25) is 5.95 Å². The van der Waals surface area contributed by atoms with Crippen LogP contribution in [0.25, 0.3) is 0 Å². The van der Waals surface area contributed by atoms with Crippen LogP contribution >= 0.6 is 0 Å². The lowest BCUT2D eigenvalue weighted by Crippen LogP contribution is -2.44. The van der Waals surface area contributed by atoms with E-state index >= 15 is 0 Å². The molecule has 0 unspecified atom stereocenters. The van der Waals surface area contributed by atoms with Gasteiger partial charge in [0.15, 0.2) is 11.6 Å². The first-order valence-corrected chi connectivity index (χ1v) is 12.4. The smallest absolute Gasteiger partial charge is 0.378 e. The molecule has 0 amide bonds. The molecule has 2 aromatic heterocycles. The van der Waals surface area contributed by atoms with Gasteiger partial charge in [0, 0.05) is 50.6 Å². The number of hydrogen-bond donors (Lipinski definition) is 3. The summed E-state index contributed by atoms with van der Waals surface area (Å²) in [5, 5.41) is 10.2. The zero-order valence-electron chi connectivity index (χ0n) is 20.9. The Labute approximate surface area is 222 Å². The van der Waals surface area contributed by atoms with Gasteiger partial charge in [-0.1, -0.05) is 0 Å². The van der Waals surface area contributed by atoms with Crippen LogP contribution in [0, 0.1) is 5.82 Å². The number of halogens is 4. The molecule has 2 aliphatic heterocycles. The summed E-state index contributed by atoms with van der Waals surface area (Å²) in [6.45, 7) is 4.34. The minimum absolute atomic E-state index is 0.122. The summed E-state index contributed by atoms with van der Waals surface area (Å²) in [6.07, 6.45) is -0.492. The summed E-state index contributed by atoms with van der Waals surface area (Å²) < 4.78 is 60.9. The van der Waals surface area contributed by atoms with Gasteiger partial charge in [0.25, 0.3) is 0 Å². The van der Waals surface area contributed by atoms with Crippen molar-refractivity contribution in [2.75, 3.05) is 73.0 Å². The number of morpholine rings is 1. The molecule has 0 aliphatic carbocycles.